The minimum atomic E-state index is -0.181. The summed E-state index contributed by atoms with van der Waals surface area (Å²) in [6.07, 6.45) is 1.85. The Bertz CT molecular complexity index is 195. The van der Waals surface area contributed by atoms with Gasteiger partial charge in [0.2, 0.25) is 0 Å². The second-order valence-corrected chi connectivity index (χ2v) is 4.11. The molecule has 1 aliphatic rings. The first kappa shape index (κ1) is 11.3. The number of hydrogen-bond acceptors (Lipinski definition) is 3. The highest BCUT2D eigenvalue weighted by Gasteiger charge is 2.26. The van der Waals surface area contributed by atoms with Crippen LogP contribution in [0.25, 0.3) is 0 Å². The van der Waals surface area contributed by atoms with Crippen molar-refractivity contribution in [1.29, 1.82) is 0 Å². The fourth-order valence-corrected chi connectivity index (χ4v) is 1.75. The summed E-state index contributed by atoms with van der Waals surface area (Å²) in [6.45, 7) is 6.06. The maximum Gasteiger partial charge on any atom is 0.410 e. The summed E-state index contributed by atoms with van der Waals surface area (Å²) in [6, 6.07) is 0. The van der Waals surface area contributed by atoms with Crippen molar-refractivity contribution in [3.63, 3.8) is 0 Å². The zero-order valence-corrected chi connectivity index (χ0v) is 9.03. The highest BCUT2D eigenvalue weighted by Crippen LogP contribution is 2.19. The molecular weight excluding hydrogens is 180 g/mol. The minimum Gasteiger partial charge on any atom is -0.447 e. The summed E-state index contributed by atoms with van der Waals surface area (Å²) < 4.78 is 5.12. The standard InChI is InChI=1S/C10H20N2O2/c1-8(2)14-10(13)12-6-4-9(7-12)3-5-11/h8-9H,3-7,11H2,1-2H3. The number of hydrogen-bond donors (Lipinski definition) is 1. The van der Waals surface area contributed by atoms with Crippen molar-refractivity contribution < 1.29 is 9.53 Å². The average molecular weight is 200 g/mol. The van der Waals surface area contributed by atoms with E-state index in [0.29, 0.717) is 12.5 Å². The Kier molecular flexibility index (Phi) is 4.20. The molecule has 1 amide bonds. The summed E-state index contributed by atoms with van der Waals surface area (Å²) in [5, 5.41) is 0. The van der Waals surface area contributed by atoms with Gasteiger partial charge in [0.1, 0.15) is 0 Å². The molecule has 1 aliphatic heterocycles. The molecule has 0 radical (unpaired) electrons. The lowest BCUT2D eigenvalue weighted by molar-refractivity contribution is 0.0825. The molecule has 1 saturated heterocycles. The predicted molar refractivity (Wildman–Crippen MR) is 55.0 cm³/mol. The normalized spacial score (nSPS) is 21.7. The molecule has 0 aromatic rings. The number of carbonyl (C=O) groups excluding carboxylic acids is 1. The van der Waals surface area contributed by atoms with Crippen molar-refractivity contribution >= 4 is 6.09 Å². The molecule has 2 N–H and O–H groups in total. The van der Waals surface area contributed by atoms with Gasteiger partial charge in [-0.25, -0.2) is 4.79 Å². The van der Waals surface area contributed by atoms with Crippen LogP contribution in [0.3, 0.4) is 0 Å². The maximum absolute atomic E-state index is 11.5. The monoisotopic (exact) mass is 200 g/mol. The van der Waals surface area contributed by atoms with Crippen LogP contribution in [0.2, 0.25) is 0 Å². The molecule has 1 heterocycles. The van der Waals surface area contributed by atoms with E-state index in [2.05, 4.69) is 0 Å². The van der Waals surface area contributed by atoms with E-state index in [1.807, 2.05) is 13.8 Å². The van der Waals surface area contributed by atoms with E-state index in [4.69, 9.17) is 10.5 Å². The van der Waals surface area contributed by atoms with Gasteiger partial charge in [0.05, 0.1) is 6.10 Å². The van der Waals surface area contributed by atoms with Gasteiger partial charge in [0, 0.05) is 13.1 Å². The number of nitrogens with zero attached hydrogens (tertiary/aromatic N) is 1. The van der Waals surface area contributed by atoms with Gasteiger partial charge in [0.25, 0.3) is 0 Å². The molecule has 1 unspecified atom stereocenters. The lowest BCUT2D eigenvalue weighted by Gasteiger charge is -2.17. The van der Waals surface area contributed by atoms with Gasteiger partial charge in [-0.15, -0.1) is 0 Å². The van der Waals surface area contributed by atoms with Crippen LogP contribution in [0.1, 0.15) is 26.7 Å². The summed E-state index contributed by atoms with van der Waals surface area (Å²) in [7, 11) is 0. The van der Waals surface area contributed by atoms with Gasteiger partial charge >= 0.3 is 6.09 Å². The molecule has 0 bridgehead atoms. The van der Waals surface area contributed by atoms with Crippen LogP contribution < -0.4 is 5.73 Å². The Morgan fingerprint density at radius 1 is 1.64 bits per heavy atom. The highest BCUT2D eigenvalue weighted by atomic mass is 16.6. The van der Waals surface area contributed by atoms with Gasteiger partial charge in [-0.1, -0.05) is 0 Å². The molecule has 0 saturated carbocycles. The molecule has 82 valence electrons. The van der Waals surface area contributed by atoms with Crippen LogP contribution >= 0.6 is 0 Å². The van der Waals surface area contributed by atoms with Crippen LogP contribution in [0.4, 0.5) is 4.79 Å². The second-order valence-electron chi connectivity index (χ2n) is 4.11. The van der Waals surface area contributed by atoms with E-state index in [1.54, 1.807) is 4.90 Å². The van der Waals surface area contributed by atoms with Gasteiger partial charge in [-0.2, -0.15) is 0 Å². The predicted octanol–water partition coefficient (Wildman–Crippen LogP) is 1.20. The summed E-state index contributed by atoms with van der Waals surface area (Å²) >= 11 is 0. The number of nitrogens with two attached hydrogens (primary N) is 1. The van der Waals surface area contributed by atoms with E-state index in [9.17, 15) is 4.79 Å². The van der Waals surface area contributed by atoms with Gasteiger partial charge in [-0.05, 0) is 39.2 Å². The maximum atomic E-state index is 11.5. The molecule has 4 nitrogen and oxygen atoms in total. The van der Waals surface area contributed by atoms with Gasteiger partial charge in [-0.3, -0.25) is 0 Å². The molecule has 0 aliphatic carbocycles. The third-order valence-corrected chi connectivity index (χ3v) is 2.46. The van der Waals surface area contributed by atoms with Crippen molar-refractivity contribution in [2.75, 3.05) is 19.6 Å². The molecule has 1 fully saturated rings. The highest BCUT2D eigenvalue weighted by molar-refractivity contribution is 5.68. The summed E-state index contributed by atoms with van der Waals surface area (Å²) in [5.74, 6) is 0.569. The second kappa shape index (κ2) is 5.20. The molecule has 14 heavy (non-hydrogen) atoms. The lowest BCUT2D eigenvalue weighted by Crippen LogP contribution is -2.31. The number of carbonyl (C=O) groups is 1. The molecule has 4 heteroatoms. The van der Waals surface area contributed by atoms with Crippen LogP contribution in [0.5, 0.6) is 0 Å². The number of ether oxygens (including phenoxy) is 1. The van der Waals surface area contributed by atoms with Crippen molar-refractivity contribution in [1.82, 2.24) is 4.90 Å². The van der Waals surface area contributed by atoms with E-state index in [0.717, 1.165) is 25.9 Å². The van der Waals surface area contributed by atoms with E-state index in [-0.39, 0.29) is 12.2 Å². The largest absolute Gasteiger partial charge is 0.447 e. The molecular formula is C10H20N2O2. The number of amides is 1. The van der Waals surface area contributed by atoms with Crippen LogP contribution in [0, 0.1) is 5.92 Å². The Balaban J connectivity index is 2.30. The third-order valence-electron chi connectivity index (χ3n) is 2.46. The first-order chi connectivity index (χ1) is 6.63. The average Bonchev–Trinajstić information content (AvgIpc) is 2.52. The third kappa shape index (κ3) is 3.18. The molecule has 1 rings (SSSR count). The van der Waals surface area contributed by atoms with Gasteiger partial charge in [0.15, 0.2) is 0 Å². The molecule has 0 aromatic heterocycles. The zero-order chi connectivity index (χ0) is 10.6. The van der Waals surface area contributed by atoms with Crippen molar-refractivity contribution in [2.45, 2.75) is 32.8 Å². The fourth-order valence-electron chi connectivity index (χ4n) is 1.75. The van der Waals surface area contributed by atoms with Crippen molar-refractivity contribution in [3.05, 3.63) is 0 Å². The number of rotatable bonds is 3. The van der Waals surface area contributed by atoms with Crippen LogP contribution in [-0.4, -0.2) is 36.7 Å². The quantitative estimate of drug-likeness (QED) is 0.744. The zero-order valence-electron chi connectivity index (χ0n) is 9.03. The van der Waals surface area contributed by atoms with E-state index in [1.165, 1.54) is 0 Å². The van der Waals surface area contributed by atoms with Crippen LogP contribution in [-0.2, 0) is 4.74 Å². The van der Waals surface area contributed by atoms with Crippen molar-refractivity contribution in [3.8, 4) is 0 Å². The number of likely N-dealkylation sites (tertiary alicyclic amines) is 1. The van der Waals surface area contributed by atoms with Crippen molar-refractivity contribution in [2.24, 2.45) is 11.7 Å². The van der Waals surface area contributed by atoms with Gasteiger partial charge < -0.3 is 15.4 Å². The molecule has 1 atom stereocenters. The topological polar surface area (TPSA) is 55.6 Å². The Morgan fingerprint density at radius 3 is 2.93 bits per heavy atom. The SMILES string of the molecule is CC(C)OC(=O)N1CCC(CCN)C1. The Morgan fingerprint density at radius 2 is 2.36 bits per heavy atom. The Labute approximate surface area is 85.4 Å². The molecule has 0 spiro atoms. The first-order valence-electron chi connectivity index (χ1n) is 5.29. The molecule has 0 aromatic carbocycles. The lowest BCUT2D eigenvalue weighted by atomic mass is 10.1. The first-order valence-corrected chi connectivity index (χ1v) is 5.29. The Hall–Kier alpha value is -0.770. The van der Waals surface area contributed by atoms with E-state index < -0.39 is 0 Å². The fraction of sp³-hybridized carbons (Fsp3) is 0.900. The smallest absolute Gasteiger partial charge is 0.410 e. The summed E-state index contributed by atoms with van der Waals surface area (Å²) in [5.41, 5.74) is 5.48. The van der Waals surface area contributed by atoms with E-state index >= 15 is 0 Å². The van der Waals surface area contributed by atoms with Crippen LogP contribution in [0.15, 0.2) is 0 Å². The minimum absolute atomic E-state index is 0.0314. The summed E-state index contributed by atoms with van der Waals surface area (Å²) in [4.78, 5) is 13.3.